The van der Waals surface area contributed by atoms with E-state index in [4.69, 9.17) is 0 Å². The maximum atomic E-state index is 9.67. The quantitative estimate of drug-likeness (QED) is 0.761. The smallest absolute Gasteiger partial charge is 0.137 e. The molecule has 5 nitrogen and oxygen atoms in total. The lowest BCUT2D eigenvalue weighted by atomic mass is 9.62. The van der Waals surface area contributed by atoms with Crippen molar-refractivity contribution < 1.29 is 5.11 Å². The standard InChI is InChI=1S/C13H24N4O/c1-11(2)12(13(8-18)4-3-5-13)15-6-7-17-10-14-9-16-17/h9-12,15,18H,3-8H2,1-2H3. The Balaban J connectivity index is 1.86. The van der Waals surface area contributed by atoms with Gasteiger partial charge in [0.25, 0.3) is 0 Å². The van der Waals surface area contributed by atoms with Gasteiger partial charge in [0.15, 0.2) is 0 Å². The highest BCUT2D eigenvalue weighted by Gasteiger charge is 2.44. The van der Waals surface area contributed by atoms with Crippen LogP contribution in [0.1, 0.15) is 33.1 Å². The molecule has 0 spiro atoms. The lowest BCUT2D eigenvalue weighted by Crippen LogP contribution is -2.54. The number of aliphatic hydroxyl groups excluding tert-OH is 1. The highest BCUT2D eigenvalue weighted by Crippen LogP contribution is 2.45. The third-order valence-electron chi connectivity index (χ3n) is 4.16. The molecule has 1 aliphatic carbocycles. The van der Waals surface area contributed by atoms with Crippen molar-refractivity contribution in [3.63, 3.8) is 0 Å². The monoisotopic (exact) mass is 252 g/mol. The van der Waals surface area contributed by atoms with E-state index in [2.05, 4.69) is 29.2 Å². The molecular formula is C13H24N4O. The van der Waals surface area contributed by atoms with Gasteiger partial charge in [-0.3, -0.25) is 4.68 Å². The van der Waals surface area contributed by atoms with Crippen molar-refractivity contribution in [3.8, 4) is 0 Å². The molecule has 1 atom stereocenters. The molecule has 1 aliphatic rings. The third kappa shape index (κ3) is 2.72. The molecule has 1 heterocycles. The molecular weight excluding hydrogens is 228 g/mol. The van der Waals surface area contributed by atoms with Gasteiger partial charge in [-0.05, 0) is 18.8 Å². The lowest BCUT2D eigenvalue weighted by molar-refractivity contribution is -0.00959. The molecule has 0 saturated heterocycles. The first kappa shape index (κ1) is 13.5. The van der Waals surface area contributed by atoms with Crippen molar-refractivity contribution in [1.82, 2.24) is 20.1 Å². The molecule has 5 heteroatoms. The summed E-state index contributed by atoms with van der Waals surface area (Å²) in [5.41, 5.74) is 0.108. The van der Waals surface area contributed by atoms with Gasteiger partial charge < -0.3 is 10.4 Å². The Morgan fingerprint density at radius 1 is 1.44 bits per heavy atom. The third-order valence-corrected chi connectivity index (χ3v) is 4.16. The zero-order valence-electron chi connectivity index (χ0n) is 11.3. The number of nitrogens with zero attached hydrogens (tertiary/aromatic N) is 3. The van der Waals surface area contributed by atoms with Gasteiger partial charge in [0.05, 0.1) is 13.2 Å². The minimum Gasteiger partial charge on any atom is -0.396 e. The largest absolute Gasteiger partial charge is 0.396 e. The number of hydrogen-bond acceptors (Lipinski definition) is 4. The van der Waals surface area contributed by atoms with E-state index >= 15 is 0 Å². The molecule has 0 aromatic carbocycles. The van der Waals surface area contributed by atoms with E-state index in [1.165, 1.54) is 6.42 Å². The van der Waals surface area contributed by atoms with E-state index < -0.39 is 0 Å². The molecule has 1 saturated carbocycles. The van der Waals surface area contributed by atoms with Crippen molar-refractivity contribution >= 4 is 0 Å². The Morgan fingerprint density at radius 3 is 2.67 bits per heavy atom. The van der Waals surface area contributed by atoms with Gasteiger partial charge in [0.1, 0.15) is 12.7 Å². The van der Waals surface area contributed by atoms with Crippen LogP contribution in [0.2, 0.25) is 0 Å². The van der Waals surface area contributed by atoms with Crippen molar-refractivity contribution in [2.24, 2.45) is 11.3 Å². The second kappa shape index (κ2) is 5.80. The Bertz CT molecular complexity index is 340. The fourth-order valence-electron chi connectivity index (χ4n) is 3.04. The first-order chi connectivity index (χ1) is 8.68. The maximum absolute atomic E-state index is 9.67. The van der Waals surface area contributed by atoms with E-state index in [0.717, 1.165) is 25.9 Å². The summed E-state index contributed by atoms with van der Waals surface area (Å²) in [7, 11) is 0. The van der Waals surface area contributed by atoms with E-state index in [1.807, 2.05) is 4.68 Å². The number of nitrogens with one attached hydrogen (secondary N) is 1. The Kier molecular flexibility index (Phi) is 4.35. The molecule has 0 amide bonds. The van der Waals surface area contributed by atoms with Crippen LogP contribution in [-0.4, -0.2) is 39.1 Å². The fourth-order valence-corrected chi connectivity index (χ4v) is 3.04. The molecule has 1 aromatic heterocycles. The number of aromatic nitrogens is 3. The van der Waals surface area contributed by atoms with Crippen LogP contribution in [0.15, 0.2) is 12.7 Å². The zero-order valence-corrected chi connectivity index (χ0v) is 11.3. The zero-order chi connectivity index (χ0) is 13.0. The number of aliphatic hydroxyl groups is 1. The minimum absolute atomic E-state index is 0.108. The molecule has 1 aromatic rings. The predicted octanol–water partition coefficient (Wildman–Crippen LogP) is 1.05. The molecule has 102 valence electrons. The van der Waals surface area contributed by atoms with Crippen LogP contribution < -0.4 is 5.32 Å². The first-order valence-electron chi connectivity index (χ1n) is 6.84. The van der Waals surface area contributed by atoms with Crippen molar-refractivity contribution in [2.45, 2.75) is 45.7 Å². The average Bonchev–Trinajstić information content (AvgIpc) is 2.78. The summed E-state index contributed by atoms with van der Waals surface area (Å²) in [6.07, 6.45) is 6.82. The topological polar surface area (TPSA) is 63.0 Å². The Hall–Kier alpha value is -0.940. The van der Waals surface area contributed by atoms with Gasteiger partial charge in [-0.1, -0.05) is 20.3 Å². The SMILES string of the molecule is CC(C)C(NCCn1cncn1)C1(CO)CCC1. The highest BCUT2D eigenvalue weighted by molar-refractivity contribution is 4.98. The molecule has 2 N–H and O–H groups in total. The second-order valence-corrected chi connectivity index (χ2v) is 5.71. The van der Waals surface area contributed by atoms with Crippen LogP contribution in [0.25, 0.3) is 0 Å². The van der Waals surface area contributed by atoms with E-state index in [9.17, 15) is 5.11 Å². The summed E-state index contributed by atoms with van der Waals surface area (Å²) >= 11 is 0. The van der Waals surface area contributed by atoms with E-state index in [1.54, 1.807) is 12.7 Å². The molecule has 0 bridgehead atoms. The summed E-state index contributed by atoms with van der Waals surface area (Å²) in [6, 6.07) is 0.389. The maximum Gasteiger partial charge on any atom is 0.137 e. The summed E-state index contributed by atoms with van der Waals surface area (Å²) in [5.74, 6) is 0.535. The first-order valence-corrected chi connectivity index (χ1v) is 6.84. The molecule has 1 fully saturated rings. The van der Waals surface area contributed by atoms with Gasteiger partial charge in [0.2, 0.25) is 0 Å². The summed E-state index contributed by atoms with van der Waals surface area (Å²) < 4.78 is 1.83. The van der Waals surface area contributed by atoms with E-state index in [0.29, 0.717) is 18.6 Å². The number of hydrogen-bond donors (Lipinski definition) is 2. The molecule has 2 rings (SSSR count). The Labute approximate surface area is 109 Å². The van der Waals surface area contributed by atoms with Crippen molar-refractivity contribution in [3.05, 3.63) is 12.7 Å². The predicted molar refractivity (Wildman–Crippen MR) is 70.0 cm³/mol. The van der Waals surface area contributed by atoms with Crippen LogP contribution in [-0.2, 0) is 6.54 Å². The molecule has 0 aliphatic heterocycles. The highest BCUT2D eigenvalue weighted by atomic mass is 16.3. The van der Waals surface area contributed by atoms with Crippen LogP contribution >= 0.6 is 0 Å². The van der Waals surface area contributed by atoms with Crippen LogP contribution in [0.4, 0.5) is 0 Å². The molecule has 1 unspecified atom stereocenters. The normalized spacial score (nSPS) is 19.8. The minimum atomic E-state index is 0.108. The Morgan fingerprint density at radius 2 is 2.22 bits per heavy atom. The van der Waals surface area contributed by atoms with Crippen molar-refractivity contribution in [1.29, 1.82) is 0 Å². The summed E-state index contributed by atoms with van der Waals surface area (Å²) in [6.45, 7) is 6.44. The van der Waals surface area contributed by atoms with E-state index in [-0.39, 0.29) is 5.41 Å². The van der Waals surface area contributed by atoms with Gasteiger partial charge in [-0.25, -0.2) is 4.98 Å². The summed E-state index contributed by atoms with van der Waals surface area (Å²) in [4.78, 5) is 3.93. The van der Waals surface area contributed by atoms with Crippen LogP contribution in [0.5, 0.6) is 0 Å². The van der Waals surface area contributed by atoms with Crippen LogP contribution in [0.3, 0.4) is 0 Å². The average molecular weight is 252 g/mol. The lowest BCUT2D eigenvalue weighted by Gasteiger charge is -2.48. The van der Waals surface area contributed by atoms with Crippen LogP contribution in [0, 0.1) is 11.3 Å². The molecule has 0 radical (unpaired) electrons. The van der Waals surface area contributed by atoms with Gasteiger partial charge in [0, 0.05) is 18.0 Å². The molecule has 18 heavy (non-hydrogen) atoms. The van der Waals surface area contributed by atoms with Crippen molar-refractivity contribution in [2.75, 3.05) is 13.2 Å². The summed E-state index contributed by atoms with van der Waals surface area (Å²) in [5, 5.41) is 17.4. The van der Waals surface area contributed by atoms with Gasteiger partial charge >= 0.3 is 0 Å². The number of rotatable bonds is 7. The van der Waals surface area contributed by atoms with Gasteiger partial charge in [-0.15, -0.1) is 0 Å². The fraction of sp³-hybridized carbons (Fsp3) is 0.846. The second-order valence-electron chi connectivity index (χ2n) is 5.71. The van der Waals surface area contributed by atoms with Gasteiger partial charge in [-0.2, -0.15) is 5.10 Å².